The van der Waals surface area contributed by atoms with E-state index in [9.17, 15) is 9.18 Å². The summed E-state index contributed by atoms with van der Waals surface area (Å²) in [5.74, 6) is 0.934. The SMILES string of the molecule is COc1cccc(Cc2n[nH]c(=O)n2-c2ccc(F)cc2)c1. The highest BCUT2D eigenvalue weighted by Gasteiger charge is 2.11. The lowest BCUT2D eigenvalue weighted by molar-refractivity contribution is 0.414. The summed E-state index contributed by atoms with van der Waals surface area (Å²) in [5.41, 5.74) is 1.17. The van der Waals surface area contributed by atoms with E-state index < -0.39 is 0 Å². The number of methoxy groups -OCH3 is 1. The number of nitrogens with one attached hydrogen (secondary N) is 1. The highest BCUT2D eigenvalue weighted by atomic mass is 19.1. The van der Waals surface area contributed by atoms with Crippen LogP contribution in [0.3, 0.4) is 0 Å². The first kappa shape index (κ1) is 14.1. The normalized spacial score (nSPS) is 10.6. The number of hydrogen-bond donors (Lipinski definition) is 1. The summed E-state index contributed by atoms with van der Waals surface area (Å²) < 4.78 is 19.7. The first-order valence-corrected chi connectivity index (χ1v) is 6.72. The Kier molecular flexibility index (Phi) is 3.74. The van der Waals surface area contributed by atoms with E-state index >= 15 is 0 Å². The number of H-pyrrole nitrogens is 1. The monoisotopic (exact) mass is 299 g/mol. The number of nitrogens with zero attached hydrogens (tertiary/aromatic N) is 2. The van der Waals surface area contributed by atoms with Crippen molar-refractivity contribution in [2.45, 2.75) is 6.42 Å². The fourth-order valence-electron chi connectivity index (χ4n) is 2.27. The van der Waals surface area contributed by atoms with Crippen molar-refractivity contribution in [2.24, 2.45) is 0 Å². The molecule has 0 amide bonds. The molecule has 0 aliphatic heterocycles. The van der Waals surface area contributed by atoms with Gasteiger partial charge in [0.05, 0.1) is 12.8 Å². The van der Waals surface area contributed by atoms with Crippen LogP contribution < -0.4 is 10.4 Å². The topological polar surface area (TPSA) is 59.9 Å². The quantitative estimate of drug-likeness (QED) is 0.804. The fraction of sp³-hybridized carbons (Fsp3) is 0.125. The average molecular weight is 299 g/mol. The molecule has 0 aliphatic carbocycles. The van der Waals surface area contributed by atoms with Crippen molar-refractivity contribution in [3.63, 3.8) is 0 Å². The van der Waals surface area contributed by atoms with Gasteiger partial charge in [0.2, 0.25) is 0 Å². The summed E-state index contributed by atoms with van der Waals surface area (Å²) in [5, 5.41) is 6.49. The van der Waals surface area contributed by atoms with Crippen LogP contribution in [0.2, 0.25) is 0 Å². The van der Waals surface area contributed by atoms with Crippen LogP contribution in [0.1, 0.15) is 11.4 Å². The predicted octanol–water partition coefficient (Wildman–Crippen LogP) is 2.30. The van der Waals surface area contributed by atoms with E-state index in [-0.39, 0.29) is 11.5 Å². The van der Waals surface area contributed by atoms with E-state index in [1.54, 1.807) is 19.2 Å². The molecule has 3 aromatic rings. The minimum Gasteiger partial charge on any atom is -0.497 e. The van der Waals surface area contributed by atoms with Crippen molar-refractivity contribution in [2.75, 3.05) is 7.11 Å². The van der Waals surface area contributed by atoms with Gasteiger partial charge >= 0.3 is 5.69 Å². The second kappa shape index (κ2) is 5.85. The minimum absolute atomic E-state index is 0.352. The number of aromatic nitrogens is 3. The van der Waals surface area contributed by atoms with Crippen LogP contribution in [0.25, 0.3) is 5.69 Å². The van der Waals surface area contributed by atoms with E-state index in [0.29, 0.717) is 17.9 Å². The lowest BCUT2D eigenvalue weighted by Gasteiger charge is -2.07. The fourth-order valence-corrected chi connectivity index (χ4v) is 2.27. The van der Waals surface area contributed by atoms with Gasteiger partial charge in [0.1, 0.15) is 17.4 Å². The molecule has 0 aliphatic rings. The lowest BCUT2D eigenvalue weighted by Crippen LogP contribution is -2.17. The lowest BCUT2D eigenvalue weighted by atomic mass is 10.1. The molecule has 1 heterocycles. The maximum absolute atomic E-state index is 13.0. The molecule has 0 spiro atoms. The molecule has 0 bridgehead atoms. The van der Waals surface area contributed by atoms with Crippen LogP contribution in [0.4, 0.5) is 4.39 Å². The smallest absolute Gasteiger partial charge is 0.347 e. The number of benzene rings is 2. The van der Waals surface area contributed by atoms with Crippen molar-refractivity contribution in [3.05, 3.63) is 76.2 Å². The van der Waals surface area contributed by atoms with Crippen LogP contribution >= 0.6 is 0 Å². The maximum atomic E-state index is 13.0. The van der Waals surface area contributed by atoms with E-state index in [0.717, 1.165) is 11.3 Å². The van der Waals surface area contributed by atoms with Gasteiger partial charge < -0.3 is 4.74 Å². The highest BCUT2D eigenvalue weighted by Crippen LogP contribution is 2.16. The van der Waals surface area contributed by atoms with Crippen molar-refractivity contribution in [1.29, 1.82) is 0 Å². The molecule has 5 nitrogen and oxygen atoms in total. The number of rotatable bonds is 4. The summed E-state index contributed by atoms with van der Waals surface area (Å²) in [6.07, 6.45) is 0.452. The Labute approximate surface area is 126 Å². The molecular weight excluding hydrogens is 285 g/mol. The molecule has 1 N–H and O–H groups in total. The predicted molar refractivity (Wildman–Crippen MR) is 79.9 cm³/mol. The standard InChI is InChI=1S/C16H14FN3O2/c1-22-14-4-2-3-11(9-14)10-15-18-19-16(21)20(15)13-7-5-12(17)6-8-13/h2-9H,10H2,1H3,(H,19,21). The third-order valence-corrected chi connectivity index (χ3v) is 3.32. The van der Waals surface area contributed by atoms with Gasteiger partial charge in [-0.3, -0.25) is 0 Å². The molecule has 0 unspecified atom stereocenters. The number of aromatic amines is 1. The summed E-state index contributed by atoms with van der Waals surface area (Å²) in [6, 6.07) is 13.2. The van der Waals surface area contributed by atoms with Crippen molar-refractivity contribution in [3.8, 4) is 11.4 Å². The summed E-state index contributed by atoms with van der Waals surface area (Å²) >= 11 is 0. The van der Waals surface area contributed by atoms with Gasteiger partial charge in [-0.25, -0.2) is 18.9 Å². The largest absolute Gasteiger partial charge is 0.497 e. The van der Waals surface area contributed by atoms with Gasteiger partial charge in [0, 0.05) is 6.42 Å². The van der Waals surface area contributed by atoms with Crippen LogP contribution in [-0.2, 0) is 6.42 Å². The Morgan fingerprint density at radius 1 is 1.23 bits per heavy atom. The zero-order valence-corrected chi connectivity index (χ0v) is 11.9. The van der Waals surface area contributed by atoms with Crippen LogP contribution in [-0.4, -0.2) is 21.9 Å². The molecule has 0 saturated heterocycles. The Morgan fingerprint density at radius 2 is 2.00 bits per heavy atom. The van der Waals surface area contributed by atoms with Gasteiger partial charge in [-0.2, -0.15) is 5.10 Å². The van der Waals surface area contributed by atoms with Gasteiger partial charge in [0.15, 0.2) is 0 Å². The molecule has 2 aromatic carbocycles. The molecule has 1 aromatic heterocycles. The minimum atomic E-state index is -0.357. The van der Waals surface area contributed by atoms with Crippen molar-refractivity contribution < 1.29 is 9.13 Å². The first-order valence-electron chi connectivity index (χ1n) is 6.72. The molecule has 6 heteroatoms. The number of ether oxygens (including phenoxy) is 1. The van der Waals surface area contributed by atoms with E-state index in [4.69, 9.17) is 4.74 Å². The Balaban J connectivity index is 1.98. The van der Waals surface area contributed by atoms with Crippen LogP contribution in [0.15, 0.2) is 53.3 Å². The van der Waals surface area contributed by atoms with Crippen molar-refractivity contribution >= 4 is 0 Å². The molecule has 0 fully saturated rings. The Morgan fingerprint density at radius 3 is 2.73 bits per heavy atom. The van der Waals surface area contributed by atoms with Gasteiger partial charge in [-0.05, 0) is 42.0 Å². The number of hydrogen-bond acceptors (Lipinski definition) is 3. The second-order valence-corrected chi connectivity index (χ2v) is 4.79. The van der Waals surface area contributed by atoms with E-state index in [1.807, 2.05) is 24.3 Å². The second-order valence-electron chi connectivity index (χ2n) is 4.79. The zero-order valence-electron chi connectivity index (χ0n) is 11.9. The van der Waals surface area contributed by atoms with Crippen LogP contribution in [0, 0.1) is 5.82 Å². The van der Waals surface area contributed by atoms with E-state index in [2.05, 4.69) is 10.2 Å². The summed E-state index contributed by atoms with van der Waals surface area (Å²) in [7, 11) is 1.60. The summed E-state index contributed by atoms with van der Waals surface area (Å²) in [4.78, 5) is 12.0. The average Bonchev–Trinajstić information content (AvgIpc) is 2.89. The van der Waals surface area contributed by atoms with Gasteiger partial charge in [-0.15, -0.1) is 0 Å². The van der Waals surface area contributed by atoms with Gasteiger partial charge in [0.25, 0.3) is 0 Å². The highest BCUT2D eigenvalue weighted by molar-refractivity contribution is 5.35. The third-order valence-electron chi connectivity index (χ3n) is 3.32. The molecule has 0 radical (unpaired) electrons. The molecule has 0 saturated carbocycles. The molecule has 22 heavy (non-hydrogen) atoms. The first-order chi connectivity index (χ1) is 10.7. The molecular formula is C16H14FN3O2. The number of halogens is 1. The van der Waals surface area contributed by atoms with E-state index in [1.165, 1.54) is 16.7 Å². The third kappa shape index (κ3) is 2.76. The van der Waals surface area contributed by atoms with Gasteiger partial charge in [-0.1, -0.05) is 12.1 Å². The Bertz CT molecular complexity index is 837. The molecule has 0 atom stereocenters. The molecule has 3 rings (SSSR count). The van der Waals surface area contributed by atoms with Crippen molar-refractivity contribution in [1.82, 2.24) is 14.8 Å². The maximum Gasteiger partial charge on any atom is 0.347 e. The molecule has 112 valence electrons. The summed E-state index contributed by atoms with van der Waals surface area (Å²) in [6.45, 7) is 0. The zero-order chi connectivity index (χ0) is 15.5. The van der Waals surface area contributed by atoms with Crippen LogP contribution in [0.5, 0.6) is 5.75 Å². The Hall–Kier alpha value is -2.89.